The summed E-state index contributed by atoms with van der Waals surface area (Å²) in [5.41, 5.74) is -1.70. The van der Waals surface area contributed by atoms with Crippen LogP contribution in [0.15, 0.2) is 24.3 Å². The number of benzene rings is 1. The molecule has 1 aromatic rings. The lowest BCUT2D eigenvalue weighted by molar-refractivity contribution is -0.137. The van der Waals surface area contributed by atoms with Crippen LogP contribution < -0.4 is 16.0 Å². The summed E-state index contributed by atoms with van der Waals surface area (Å²) in [4.78, 5) is 25.0. The van der Waals surface area contributed by atoms with Crippen LogP contribution in [0.3, 0.4) is 0 Å². The maximum Gasteiger partial charge on any atom is 0.416 e. The number of hydrogen-bond donors (Lipinski definition) is 3. The van der Waals surface area contributed by atoms with Crippen LogP contribution in [0.4, 0.5) is 13.2 Å². The maximum atomic E-state index is 12.9. The van der Waals surface area contributed by atoms with Crippen molar-refractivity contribution in [3.8, 4) is 0 Å². The second kappa shape index (κ2) is 9.97. The van der Waals surface area contributed by atoms with E-state index in [0.29, 0.717) is 32.9 Å². The van der Waals surface area contributed by atoms with E-state index in [0.717, 1.165) is 31.0 Å². The minimum atomic E-state index is -4.55. The molecule has 0 saturated carbocycles. The molecule has 2 aliphatic rings. The summed E-state index contributed by atoms with van der Waals surface area (Å²) in [7, 11) is 0. The molecule has 172 valence electrons. The fourth-order valence-electron chi connectivity index (χ4n) is 4.36. The van der Waals surface area contributed by atoms with Crippen LogP contribution in [0.2, 0.25) is 0 Å². The Labute approximate surface area is 179 Å². The van der Waals surface area contributed by atoms with Gasteiger partial charge in [0, 0.05) is 38.5 Å². The highest BCUT2D eigenvalue weighted by Crippen LogP contribution is 2.34. The van der Waals surface area contributed by atoms with Crippen molar-refractivity contribution in [3.63, 3.8) is 0 Å². The first-order chi connectivity index (χ1) is 14.8. The Balaban J connectivity index is 1.65. The molecule has 0 aromatic heterocycles. The van der Waals surface area contributed by atoms with Crippen LogP contribution in [-0.4, -0.2) is 62.9 Å². The maximum absolute atomic E-state index is 12.9. The molecule has 0 bridgehead atoms. The monoisotopic (exact) mass is 443 g/mol. The van der Waals surface area contributed by atoms with E-state index in [4.69, 9.17) is 9.47 Å². The van der Waals surface area contributed by atoms with Crippen molar-refractivity contribution in [3.05, 3.63) is 35.4 Å². The van der Waals surface area contributed by atoms with E-state index in [-0.39, 0.29) is 24.1 Å². The number of amides is 2. The zero-order valence-corrected chi connectivity index (χ0v) is 17.4. The number of rotatable bonds is 7. The van der Waals surface area contributed by atoms with Crippen molar-refractivity contribution in [1.82, 2.24) is 16.0 Å². The average molecular weight is 443 g/mol. The number of ether oxygens (including phenoxy) is 2. The minimum absolute atomic E-state index is 0.149. The second-order valence-corrected chi connectivity index (χ2v) is 7.81. The summed E-state index contributed by atoms with van der Waals surface area (Å²) >= 11 is 0. The van der Waals surface area contributed by atoms with E-state index < -0.39 is 29.1 Å². The zero-order chi connectivity index (χ0) is 22.5. The molecule has 2 atom stereocenters. The van der Waals surface area contributed by atoms with Crippen molar-refractivity contribution in [2.24, 2.45) is 5.92 Å². The zero-order valence-electron chi connectivity index (χ0n) is 17.4. The molecule has 0 spiro atoms. The number of carbonyl (C=O) groups is 2. The fourth-order valence-corrected chi connectivity index (χ4v) is 4.36. The Kier molecular flexibility index (Phi) is 7.55. The van der Waals surface area contributed by atoms with Gasteiger partial charge in [-0.25, -0.2) is 0 Å². The summed E-state index contributed by atoms with van der Waals surface area (Å²) in [6, 6.07) is 4.09. The van der Waals surface area contributed by atoms with E-state index in [1.54, 1.807) is 0 Å². The lowest BCUT2D eigenvalue weighted by Gasteiger charge is -2.43. The Hall–Kier alpha value is -2.17. The van der Waals surface area contributed by atoms with Gasteiger partial charge in [0.25, 0.3) is 5.91 Å². The molecule has 3 rings (SSSR count). The quantitative estimate of drug-likeness (QED) is 0.597. The lowest BCUT2D eigenvalue weighted by atomic mass is 9.76. The van der Waals surface area contributed by atoms with E-state index in [1.165, 1.54) is 6.07 Å². The van der Waals surface area contributed by atoms with Gasteiger partial charge in [-0.05, 0) is 43.9 Å². The summed E-state index contributed by atoms with van der Waals surface area (Å²) in [6.07, 6.45) is -3.21. The molecule has 7 nitrogen and oxygen atoms in total. The lowest BCUT2D eigenvalue weighted by Crippen LogP contribution is -2.64. The van der Waals surface area contributed by atoms with Crippen molar-refractivity contribution in [1.29, 1.82) is 0 Å². The number of hydrogen-bond acceptors (Lipinski definition) is 5. The Morgan fingerprint density at radius 3 is 2.71 bits per heavy atom. The van der Waals surface area contributed by atoms with Gasteiger partial charge in [-0.2, -0.15) is 13.2 Å². The first kappa shape index (κ1) is 23.5. The summed E-state index contributed by atoms with van der Waals surface area (Å²) < 4.78 is 50.0. The molecule has 0 aliphatic carbocycles. The van der Waals surface area contributed by atoms with Crippen LogP contribution >= 0.6 is 0 Å². The van der Waals surface area contributed by atoms with Gasteiger partial charge in [-0.1, -0.05) is 6.07 Å². The third kappa shape index (κ3) is 5.55. The molecule has 0 unspecified atom stereocenters. The molecule has 2 amide bonds. The number of carbonyl (C=O) groups excluding carboxylic acids is 2. The molecule has 0 radical (unpaired) electrons. The smallest absolute Gasteiger partial charge is 0.381 e. The molecule has 31 heavy (non-hydrogen) atoms. The van der Waals surface area contributed by atoms with Gasteiger partial charge in [0.2, 0.25) is 5.91 Å². The highest BCUT2D eigenvalue weighted by molar-refractivity contribution is 5.96. The van der Waals surface area contributed by atoms with Gasteiger partial charge in [-0.3, -0.25) is 9.59 Å². The Bertz CT molecular complexity index is 783. The third-order valence-corrected chi connectivity index (χ3v) is 5.87. The largest absolute Gasteiger partial charge is 0.416 e. The van der Waals surface area contributed by atoms with Crippen LogP contribution in [0.25, 0.3) is 0 Å². The molecule has 2 fully saturated rings. The fraction of sp³-hybridized carbons (Fsp3) is 0.619. The predicted octanol–water partition coefficient (Wildman–Crippen LogP) is 1.73. The van der Waals surface area contributed by atoms with E-state index in [9.17, 15) is 22.8 Å². The van der Waals surface area contributed by atoms with E-state index in [2.05, 4.69) is 16.0 Å². The Morgan fingerprint density at radius 1 is 1.29 bits per heavy atom. The van der Waals surface area contributed by atoms with Crippen LogP contribution in [0, 0.1) is 5.92 Å². The number of halogens is 3. The Morgan fingerprint density at radius 2 is 2.03 bits per heavy atom. The molecule has 1 aromatic carbocycles. The van der Waals surface area contributed by atoms with Crippen LogP contribution in [-0.2, 0) is 20.4 Å². The van der Waals surface area contributed by atoms with Crippen molar-refractivity contribution < 1.29 is 32.2 Å². The molecule has 3 N–H and O–H groups in total. The normalized spacial score (nSPS) is 24.7. The highest BCUT2D eigenvalue weighted by atomic mass is 19.4. The molecule has 2 heterocycles. The van der Waals surface area contributed by atoms with Gasteiger partial charge < -0.3 is 25.4 Å². The topological polar surface area (TPSA) is 88.7 Å². The average Bonchev–Trinajstić information content (AvgIpc) is 3.15. The van der Waals surface area contributed by atoms with Gasteiger partial charge in [-0.15, -0.1) is 0 Å². The van der Waals surface area contributed by atoms with Gasteiger partial charge in [0.1, 0.15) is 0 Å². The van der Waals surface area contributed by atoms with Crippen LogP contribution in [0.5, 0.6) is 0 Å². The van der Waals surface area contributed by atoms with Crippen LogP contribution in [0.1, 0.15) is 35.7 Å². The molecule has 2 saturated heterocycles. The SMILES string of the molecule is CCO[C@@H]1CNC[C@]1(NC(=O)CNC(=O)c1cccc(C(F)(F)F)c1)C1CCOCC1. The molecule has 10 heteroatoms. The number of nitrogens with one attached hydrogen (secondary N) is 3. The second-order valence-electron chi connectivity index (χ2n) is 7.81. The predicted molar refractivity (Wildman–Crippen MR) is 106 cm³/mol. The van der Waals surface area contributed by atoms with Gasteiger partial charge >= 0.3 is 6.18 Å². The standard InChI is InChI=1S/C21H28F3N3O4/c1-2-31-17-11-25-13-20(17,15-6-8-30-9-7-15)27-18(28)12-26-19(29)14-4-3-5-16(10-14)21(22,23)24/h3-5,10,15,17,25H,2,6-9,11-13H2,1H3,(H,26,29)(H,27,28)/t17-,20+/m1/s1. The van der Waals surface area contributed by atoms with Gasteiger partial charge in [0.15, 0.2) is 0 Å². The molecular formula is C21H28F3N3O4. The van der Waals surface area contributed by atoms with Gasteiger partial charge in [0.05, 0.1) is 23.8 Å². The molecule has 2 aliphatic heterocycles. The van der Waals surface area contributed by atoms with Crippen molar-refractivity contribution in [2.45, 2.75) is 37.6 Å². The third-order valence-electron chi connectivity index (χ3n) is 5.87. The minimum Gasteiger partial charge on any atom is -0.381 e. The first-order valence-electron chi connectivity index (χ1n) is 10.4. The van der Waals surface area contributed by atoms with E-state index >= 15 is 0 Å². The summed E-state index contributed by atoms with van der Waals surface area (Å²) in [5, 5.41) is 8.76. The summed E-state index contributed by atoms with van der Waals surface area (Å²) in [5.74, 6) is -1.01. The number of alkyl halides is 3. The first-order valence-corrected chi connectivity index (χ1v) is 10.4. The van der Waals surface area contributed by atoms with Crippen molar-refractivity contribution in [2.75, 3.05) is 39.5 Å². The van der Waals surface area contributed by atoms with Crippen molar-refractivity contribution >= 4 is 11.8 Å². The summed E-state index contributed by atoms with van der Waals surface area (Å²) in [6.45, 7) is 4.39. The van der Waals surface area contributed by atoms with E-state index in [1.807, 2.05) is 6.92 Å². The molecular weight excluding hydrogens is 415 g/mol. The highest BCUT2D eigenvalue weighted by Gasteiger charge is 2.50.